The number of anilines is 1. The van der Waals surface area contributed by atoms with Gasteiger partial charge in [0, 0.05) is 13.1 Å². The molecule has 0 atom stereocenters. The van der Waals surface area contributed by atoms with Gasteiger partial charge in [0.25, 0.3) is 5.91 Å². The maximum absolute atomic E-state index is 13.8. The number of carbonyl (C=O) groups excluding carboxylic acids is 2. The van der Waals surface area contributed by atoms with Gasteiger partial charge >= 0.3 is 5.97 Å². The van der Waals surface area contributed by atoms with Crippen LogP contribution in [0.15, 0.2) is 34.9 Å². The summed E-state index contributed by atoms with van der Waals surface area (Å²) in [4.78, 5) is 24.4. The molecule has 0 spiro atoms. The smallest absolute Gasteiger partial charge is 0.358 e. The Morgan fingerprint density at radius 1 is 1.31 bits per heavy atom. The summed E-state index contributed by atoms with van der Waals surface area (Å²) in [7, 11) is 2.79. The molecule has 1 amide bonds. The summed E-state index contributed by atoms with van der Waals surface area (Å²) < 4.78 is 24.9. The summed E-state index contributed by atoms with van der Waals surface area (Å²) in [5, 5.41) is 10.3. The first-order valence-electron chi connectivity index (χ1n) is 7.57. The summed E-state index contributed by atoms with van der Waals surface area (Å²) >= 11 is 0. The number of amides is 1. The molecule has 0 radical (unpaired) electrons. The van der Waals surface area contributed by atoms with E-state index < -0.39 is 17.7 Å². The number of aryl methyl sites for hydroxylation is 2. The lowest BCUT2D eigenvalue weighted by Gasteiger charge is -2.05. The number of methoxy groups -OCH3 is 1. The molecule has 0 saturated carbocycles. The number of benzene rings is 1. The second kappa shape index (κ2) is 6.79. The third kappa shape index (κ3) is 3.06. The second-order valence-corrected chi connectivity index (χ2v) is 5.43. The quantitative estimate of drug-likeness (QED) is 0.720. The molecular formula is C17H15FN4O4. The first kappa shape index (κ1) is 17.3. The van der Waals surface area contributed by atoms with E-state index in [1.54, 1.807) is 26.1 Å². The van der Waals surface area contributed by atoms with E-state index in [1.165, 1.54) is 30.0 Å². The summed E-state index contributed by atoms with van der Waals surface area (Å²) in [6, 6.07) is 7.29. The largest absolute Gasteiger partial charge is 0.464 e. The van der Waals surface area contributed by atoms with Gasteiger partial charge in [-0.3, -0.25) is 9.48 Å². The number of esters is 1. The number of nitrogens with zero attached hydrogens (tertiary/aromatic N) is 3. The maximum atomic E-state index is 13.8. The van der Waals surface area contributed by atoms with Crippen molar-refractivity contribution in [3.8, 4) is 11.3 Å². The van der Waals surface area contributed by atoms with E-state index in [0.717, 1.165) is 0 Å². The summed E-state index contributed by atoms with van der Waals surface area (Å²) in [6.45, 7) is 1.63. The van der Waals surface area contributed by atoms with Crippen molar-refractivity contribution in [2.75, 3.05) is 12.4 Å². The fraction of sp³-hybridized carbons (Fsp3) is 0.176. The normalized spacial score (nSPS) is 10.6. The van der Waals surface area contributed by atoms with Crippen molar-refractivity contribution in [2.24, 2.45) is 7.05 Å². The van der Waals surface area contributed by atoms with Crippen LogP contribution in [-0.4, -0.2) is 33.9 Å². The zero-order valence-corrected chi connectivity index (χ0v) is 14.2. The van der Waals surface area contributed by atoms with E-state index in [2.05, 4.69) is 15.6 Å². The van der Waals surface area contributed by atoms with Crippen molar-refractivity contribution in [2.45, 2.75) is 6.92 Å². The van der Waals surface area contributed by atoms with Crippen LogP contribution < -0.4 is 5.32 Å². The maximum Gasteiger partial charge on any atom is 0.358 e. The second-order valence-electron chi connectivity index (χ2n) is 5.43. The first-order valence-corrected chi connectivity index (χ1v) is 7.57. The molecule has 0 saturated heterocycles. The molecule has 26 heavy (non-hydrogen) atoms. The average molecular weight is 358 g/mol. The van der Waals surface area contributed by atoms with Gasteiger partial charge in [0.05, 0.1) is 24.1 Å². The van der Waals surface area contributed by atoms with Crippen LogP contribution in [0.2, 0.25) is 0 Å². The third-order valence-corrected chi connectivity index (χ3v) is 3.72. The van der Waals surface area contributed by atoms with E-state index in [0.29, 0.717) is 5.69 Å². The van der Waals surface area contributed by atoms with Gasteiger partial charge < -0.3 is 14.6 Å². The Kier molecular flexibility index (Phi) is 4.53. The molecule has 8 nitrogen and oxygen atoms in total. The van der Waals surface area contributed by atoms with Crippen LogP contribution in [-0.2, 0) is 11.8 Å². The van der Waals surface area contributed by atoms with Crippen molar-refractivity contribution in [3.63, 3.8) is 0 Å². The summed E-state index contributed by atoms with van der Waals surface area (Å²) in [6.07, 6.45) is 0. The highest BCUT2D eigenvalue weighted by Crippen LogP contribution is 2.25. The number of rotatable bonds is 4. The molecule has 0 bridgehead atoms. The van der Waals surface area contributed by atoms with Crippen LogP contribution in [0.3, 0.4) is 0 Å². The van der Waals surface area contributed by atoms with E-state index in [1.807, 2.05) is 0 Å². The van der Waals surface area contributed by atoms with Crippen molar-refractivity contribution >= 4 is 17.6 Å². The van der Waals surface area contributed by atoms with Crippen molar-refractivity contribution < 1.29 is 23.2 Å². The van der Waals surface area contributed by atoms with Crippen LogP contribution >= 0.6 is 0 Å². The minimum absolute atomic E-state index is 0.0673. The van der Waals surface area contributed by atoms with Gasteiger partial charge in [0.1, 0.15) is 5.82 Å². The molecule has 3 aromatic rings. The zero-order valence-electron chi connectivity index (χ0n) is 14.2. The highest BCUT2D eigenvalue weighted by Gasteiger charge is 2.24. The van der Waals surface area contributed by atoms with Crippen LogP contribution in [0.4, 0.5) is 10.1 Å². The minimum Gasteiger partial charge on any atom is -0.464 e. The SMILES string of the molecule is COC(=O)c1c(NC(=O)c2cc(-c3ccccc3F)on2)c(C)nn1C. The molecule has 134 valence electrons. The van der Waals surface area contributed by atoms with E-state index >= 15 is 0 Å². The highest BCUT2D eigenvalue weighted by molar-refractivity contribution is 6.07. The fourth-order valence-corrected chi connectivity index (χ4v) is 2.49. The molecule has 1 N–H and O–H groups in total. The predicted molar refractivity (Wildman–Crippen MR) is 89.1 cm³/mol. The lowest BCUT2D eigenvalue weighted by Crippen LogP contribution is -2.17. The van der Waals surface area contributed by atoms with Crippen LogP contribution in [0.25, 0.3) is 11.3 Å². The number of halogens is 1. The Hall–Kier alpha value is -3.49. The zero-order chi connectivity index (χ0) is 18.8. The average Bonchev–Trinajstić information content (AvgIpc) is 3.20. The lowest BCUT2D eigenvalue weighted by molar-refractivity contribution is 0.0589. The van der Waals surface area contributed by atoms with Gasteiger partial charge in [-0.05, 0) is 19.1 Å². The molecule has 3 rings (SSSR count). The van der Waals surface area contributed by atoms with Gasteiger partial charge in [-0.2, -0.15) is 5.10 Å². The fourth-order valence-electron chi connectivity index (χ4n) is 2.49. The Morgan fingerprint density at radius 2 is 2.04 bits per heavy atom. The van der Waals surface area contributed by atoms with Crippen LogP contribution in [0.5, 0.6) is 0 Å². The molecular weight excluding hydrogens is 343 g/mol. The number of hydrogen-bond acceptors (Lipinski definition) is 6. The number of nitrogens with one attached hydrogen (secondary N) is 1. The Labute approximate surface area is 147 Å². The van der Waals surface area contributed by atoms with E-state index in [4.69, 9.17) is 9.26 Å². The summed E-state index contributed by atoms with van der Waals surface area (Å²) in [5.41, 5.74) is 0.851. The summed E-state index contributed by atoms with van der Waals surface area (Å²) in [5.74, 6) is -1.65. The molecule has 0 unspecified atom stereocenters. The lowest BCUT2D eigenvalue weighted by atomic mass is 10.1. The van der Waals surface area contributed by atoms with Gasteiger partial charge in [-0.1, -0.05) is 17.3 Å². The highest BCUT2D eigenvalue weighted by atomic mass is 19.1. The Balaban J connectivity index is 1.89. The van der Waals surface area contributed by atoms with E-state index in [9.17, 15) is 14.0 Å². The Bertz CT molecular complexity index is 993. The molecule has 2 heterocycles. The minimum atomic E-state index is -0.643. The van der Waals surface area contributed by atoms with Crippen LogP contribution in [0, 0.1) is 12.7 Å². The number of hydrogen-bond donors (Lipinski definition) is 1. The van der Waals surface area contributed by atoms with Crippen molar-refractivity contribution in [1.82, 2.24) is 14.9 Å². The predicted octanol–water partition coefficient (Wildman–Crippen LogP) is 2.56. The van der Waals surface area contributed by atoms with Gasteiger partial charge in [0.2, 0.25) is 0 Å². The molecule has 0 fully saturated rings. The van der Waals surface area contributed by atoms with Gasteiger partial charge in [0.15, 0.2) is 17.1 Å². The molecule has 0 aliphatic rings. The third-order valence-electron chi connectivity index (χ3n) is 3.72. The van der Waals surface area contributed by atoms with Crippen LogP contribution in [0.1, 0.15) is 26.7 Å². The molecule has 1 aromatic carbocycles. The topological polar surface area (TPSA) is 99.2 Å². The number of carbonyl (C=O) groups is 2. The van der Waals surface area contributed by atoms with E-state index in [-0.39, 0.29) is 28.4 Å². The monoisotopic (exact) mass is 358 g/mol. The molecule has 2 aromatic heterocycles. The van der Waals surface area contributed by atoms with Crippen molar-refractivity contribution in [3.05, 3.63) is 53.2 Å². The molecule has 0 aliphatic carbocycles. The number of ether oxygens (including phenoxy) is 1. The standard InChI is InChI=1S/C17H15FN4O4/c1-9-14(15(17(24)25-3)22(2)20-9)19-16(23)12-8-13(26-21-12)10-6-4-5-7-11(10)18/h4-8H,1-3H3,(H,19,23). The number of aromatic nitrogens is 3. The molecule has 9 heteroatoms. The van der Waals surface area contributed by atoms with Crippen molar-refractivity contribution in [1.29, 1.82) is 0 Å². The van der Waals surface area contributed by atoms with Gasteiger partial charge in [-0.25, -0.2) is 9.18 Å². The first-order chi connectivity index (χ1) is 12.4. The van der Waals surface area contributed by atoms with Gasteiger partial charge in [-0.15, -0.1) is 0 Å². The molecule has 0 aliphatic heterocycles. The Morgan fingerprint density at radius 3 is 2.73 bits per heavy atom.